The lowest BCUT2D eigenvalue weighted by atomic mass is 10.1. The zero-order valence-electron chi connectivity index (χ0n) is 21.0. The molecule has 0 fully saturated rings. The molecule has 0 amide bonds. The fraction of sp³-hybridized carbons (Fsp3) is 0.444. The number of nitrogens with zero attached hydrogens (tertiary/aromatic N) is 3. The highest BCUT2D eigenvalue weighted by atomic mass is 19.1. The first-order valence-corrected chi connectivity index (χ1v) is 11.9. The Bertz CT molecular complexity index is 1020. The van der Waals surface area contributed by atoms with Gasteiger partial charge in [-0.1, -0.05) is 44.2 Å². The molecule has 0 radical (unpaired) electrons. The molecule has 1 unspecified atom stereocenters. The molecular formula is C27H36FN3O4. The Hall–Kier alpha value is -2.78. The monoisotopic (exact) mass is 485 g/mol. The van der Waals surface area contributed by atoms with E-state index < -0.39 is 6.10 Å². The average molecular weight is 486 g/mol. The van der Waals surface area contributed by atoms with E-state index in [2.05, 4.69) is 18.7 Å². The Morgan fingerprint density at radius 2 is 1.77 bits per heavy atom. The van der Waals surface area contributed by atoms with E-state index in [0.717, 1.165) is 16.8 Å². The number of ether oxygens (including phenoxy) is 3. The van der Waals surface area contributed by atoms with E-state index in [0.29, 0.717) is 50.4 Å². The van der Waals surface area contributed by atoms with Crippen LogP contribution < -0.4 is 4.74 Å². The molecule has 8 heteroatoms. The molecule has 3 aromatic rings. The predicted molar refractivity (Wildman–Crippen MR) is 134 cm³/mol. The molecule has 0 saturated heterocycles. The van der Waals surface area contributed by atoms with Crippen molar-refractivity contribution in [3.8, 4) is 22.9 Å². The van der Waals surface area contributed by atoms with Crippen LogP contribution in [0.2, 0.25) is 0 Å². The van der Waals surface area contributed by atoms with Crippen molar-refractivity contribution in [2.75, 3.05) is 40.0 Å². The molecule has 190 valence electrons. The van der Waals surface area contributed by atoms with Crippen LogP contribution in [0.5, 0.6) is 11.6 Å². The van der Waals surface area contributed by atoms with Gasteiger partial charge < -0.3 is 19.3 Å². The van der Waals surface area contributed by atoms with Gasteiger partial charge in [0.1, 0.15) is 17.3 Å². The smallest absolute Gasteiger partial charge is 0.222 e. The molecule has 0 aliphatic heterocycles. The molecular weight excluding hydrogens is 449 g/mol. The summed E-state index contributed by atoms with van der Waals surface area (Å²) >= 11 is 0. The van der Waals surface area contributed by atoms with Gasteiger partial charge in [0.25, 0.3) is 0 Å². The van der Waals surface area contributed by atoms with Crippen LogP contribution in [0.15, 0.2) is 54.6 Å². The summed E-state index contributed by atoms with van der Waals surface area (Å²) in [5.41, 5.74) is 2.62. The first-order chi connectivity index (χ1) is 16.9. The number of hydrogen-bond acceptors (Lipinski definition) is 6. The Kier molecular flexibility index (Phi) is 10.2. The number of halogens is 1. The molecule has 0 spiro atoms. The maximum Gasteiger partial charge on any atom is 0.222 e. The van der Waals surface area contributed by atoms with E-state index in [1.807, 2.05) is 37.4 Å². The Labute approximate surface area is 207 Å². The van der Waals surface area contributed by atoms with Crippen molar-refractivity contribution >= 4 is 0 Å². The van der Waals surface area contributed by atoms with Crippen LogP contribution in [0.3, 0.4) is 0 Å². The minimum atomic E-state index is -0.649. The van der Waals surface area contributed by atoms with Crippen molar-refractivity contribution < 1.29 is 23.7 Å². The molecule has 1 heterocycles. The summed E-state index contributed by atoms with van der Waals surface area (Å²) < 4.78 is 32.3. The van der Waals surface area contributed by atoms with Crippen LogP contribution in [-0.4, -0.2) is 65.9 Å². The van der Waals surface area contributed by atoms with Crippen molar-refractivity contribution in [3.63, 3.8) is 0 Å². The third-order valence-corrected chi connectivity index (χ3v) is 5.39. The maximum atomic E-state index is 13.4. The van der Waals surface area contributed by atoms with E-state index >= 15 is 0 Å². The van der Waals surface area contributed by atoms with Gasteiger partial charge in [0.15, 0.2) is 0 Å². The quantitative estimate of drug-likeness (QED) is 0.363. The molecule has 1 N–H and O–H groups in total. The van der Waals surface area contributed by atoms with Crippen molar-refractivity contribution in [2.24, 2.45) is 13.0 Å². The molecule has 0 aliphatic rings. The van der Waals surface area contributed by atoms with Crippen LogP contribution in [-0.2, 0) is 23.1 Å². The van der Waals surface area contributed by atoms with Gasteiger partial charge in [0.2, 0.25) is 5.88 Å². The summed E-state index contributed by atoms with van der Waals surface area (Å²) in [6.45, 7) is 7.01. The number of aliphatic hydroxyl groups is 1. The van der Waals surface area contributed by atoms with E-state index in [1.54, 1.807) is 23.9 Å². The van der Waals surface area contributed by atoms with Gasteiger partial charge in [-0.25, -0.2) is 9.07 Å². The number of aryl methyl sites for hydroxylation is 1. The summed E-state index contributed by atoms with van der Waals surface area (Å²) in [7, 11) is 3.48. The van der Waals surface area contributed by atoms with E-state index in [-0.39, 0.29) is 12.4 Å². The number of hydrogen-bond donors (Lipinski definition) is 1. The fourth-order valence-electron chi connectivity index (χ4n) is 3.73. The van der Waals surface area contributed by atoms with Gasteiger partial charge in [0.05, 0.1) is 24.9 Å². The zero-order valence-corrected chi connectivity index (χ0v) is 21.0. The van der Waals surface area contributed by atoms with Crippen LogP contribution in [0.25, 0.3) is 11.3 Å². The highest BCUT2D eigenvalue weighted by Gasteiger charge is 2.23. The largest absolute Gasteiger partial charge is 0.439 e. The zero-order chi connectivity index (χ0) is 25.2. The third-order valence-electron chi connectivity index (χ3n) is 5.39. The van der Waals surface area contributed by atoms with Crippen LogP contribution in [0, 0.1) is 11.7 Å². The first-order valence-electron chi connectivity index (χ1n) is 11.9. The number of rotatable bonds is 14. The fourth-order valence-corrected chi connectivity index (χ4v) is 3.73. The molecule has 2 aromatic carbocycles. The van der Waals surface area contributed by atoms with E-state index in [1.165, 1.54) is 12.1 Å². The molecule has 0 aliphatic carbocycles. The second-order valence-corrected chi connectivity index (χ2v) is 8.99. The summed E-state index contributed by atoms with van der Waals surface area (Å²) in [4.78, 5) is 2.11. The Morgan fingerprint density at radius 3 is 2.43 bits per heavy atom. The van der Waals surface area contributed by atoms with Crippen molar-refractivity contribution in [1.29, 1.82) is 0 Å². The second-order valence-electron chi connectivity index (χ2n) is 8.99. The lowest BCUT2D eigenvalue weighted by Crippen LogP contribution is -2.37. The van der Waals surface area contributed by atoms with E-state index in [4.69, 9.17) is 19.3 Å². The van der Waals surface area contributed by atoms with Crippen LogP contribution >= 0.6 is 0 Å². The average Bonchev–Trinajstić information content (AvgIpc) is 3.14. The van der Waals surface area contributed by atoms with Gasteiger partial charge >= 0.3 is 0 Å². The molecule has 0 saturated carbocycles. The summed E-state index contributed by atoms with van der Waals surface area (Å²) in [6.07, 6.45) is -0.649. The number of aliphatic hydroxyl groups excluding tert-OH is 1. The normalized spacial score (nSPS) is 12.5. The van der Waals surface area contributed by atoms with Crippen LogP contribution in [0.4, 0.5) is 4.39 Å². The molecule has 1 aromatic heterocycles. The van der Waals surface area contributed by atoms with Gasteiger partial charge in [-0.3, -0.25) is 4.90 Å². The maximum absolute atomic E-state index is 13.4. The lowest BCUT2D eigenvalue weighted by Gasteiger charge is -2.25. The Balaban J connectivity index is 1.89. The minimum Gasteiger partial charge on any atom is -0.439 e. The Morgan fingerprint density at radius 1 is 1.06 bits per heavy atom. The molecule has 0 bridgehead atoms. The predicted octanol–water partition coefficient (Wildman–Crippen LogP) is 4.50. The first kappa shape index (κ1) is 26.8. The third kappa shape index (κ3) is 8.14. The van der Waals surface area contributed by atoms with Crippen molar-refractivity contribution in [3.05, 3.63) is 66.0 Å². The van der Waals surface area contributed by atoms with Crippen molar-refractivity contribution in [1.82, 2.24) is 14.7 Å². The molecule has 7 nitrogen and oxygen atoms in total. The summed E-state index contributed by atoms with van der Waals surface area (Å²) in [5, 5.41) is 15.4. The molecule has 35 heavy (non-hydrogen) atoms. The lowest BCUT2D eigenvalue weighted by molar-refractivity contribution is 0.00329. The van der Waals surface area contributed by atoms with Gasteiger partial charge in [-0.05, 0) is 30.2 Å². The highest BCUT2D eigenvalue weighted by molar-refractivity contribution is 5.65. The molecule has 1 atom stereocenters. The van der Waals surface area contributed by atoms with Crippen LogP contribution in [0.1, 0.15) is 19.4 Å². The van der Waals surface area contributed by atoms with Gasteiger partial charge in [-0.15, -0.1) is 0 Å². The SMILES string of the molecule is COCCN(Cc1c(-c2ccccc2)nn(C)c1Oc1ccc(F)cc1)CC(O)COCC(C)C. The van der Waals surface area contributed by atoms with Crippen molar-refractivity contribution in [2.45, 2.75) is 26.5 Å². The van der Waals surface area contributed by atoms with E-state index in [9.17, 15) is 9.50 Å². The van der Waals surface area contributed by atoms with Gasteiger partial charge in [-0.2, -0.15) is 5.10 Å². The number of methoxy groups -OCH3 is 1. The number of aromatic nitrogens is 2. The highest BCUT2D eigenvalue weighted by Crippen LogP contribution is 2.34. The van der Waals surface area contributed by atoms with Gasteiger partial charge in [0, 0.05) is 46.0 Å². The standard InChI is InChI=1S/C27H36FN3O4/c1-20(2)18-34-19-23(32)16-31(14-15-33-4)17-25-26(21-8-6-5-7-9-21)29-30(3)27(25)35-24-12-10-22(28)11-13-24/h5-13,20,23,32H,14-19H2,1-4H3. The minimum absolute atomic E-state index is 0.263. The summed E-state index contributed by atoms with van der Waals surface area (Å²) in [5.74, 6) is 1.15. The topological polar surface area (TPSA) is 69.0 Å². The number of benzene rings is 2. The summed E-state index contributed by atoms with van der Waals surface area (Å²) in [6, 6.07) is 15.8. The molecule has 3 rings (SSSR count). The second kappa shape index (κ2) is 13.3.